The van der Waals surface area contributed by atoms with Crippen molar-refractivity contribution in [2.24, 2.45) is 11.5 Å². The van der Waals surface area contributed by atoms with Crippen molar-refractivity contribution in [3.8, 4) is 0 Å². The molecule has 4 N–H and O–H groups in total. The average molecular weight is 160 g/mol. The van der Waals surface area contributed by atoms with Crippen molar-refractivity contribution in [2.45, 2.75) is 37.1 Å². The molecular formula is C7H16N2S. The van der Waals surface area contributed by atoms with Crippen LogP contribution in [0, 0.1) is 0 Å². The summed E-state index contributed by atoms with van der Waals surface area (Å²) in [5, 5.41) is 0.625. The highest BCUT2D eigenvalue weighted by atomic mass is 32.2. The van der Waals surface area contributed by atoms with E-state index in [-0.39, 0.29) is 12.1 Å². The fourth-order valence-electron chi connectivity index (χ4n) is 1.29. The molecule has 0 aromatic rings. The van der Waals surface area contributed by atoms with Crippen LogP contribution in [-0.4, -0.2) is 23.1 Å². The van der Waals surface area contributed by atoms with Crippen LogP contribution in [0.25, 0.3) is 0 Å². The summed E-state index contributed by atoms with van der Waals surface area (Å²) in [5.41, 5.74) is 11.6. The van der Waals surface area contributed by atoms with Crippen molar-refractivity contribution in [2.75, 3.05) is 5.75 Å². The summed E-state index contributed by atoms with van der Waals surface area (Å²) < 4.78 is 0. The van der Waals surface area contributed by atoms with Gasteiger partial charge >= 0.3 is 0 Å². The molecule has 3 atom stereocenters. The van der Waals surface area contributed by atoms with Crippen LogP contribution in [-0.2, 0) is 0 Å². The Bertz CT molecular complexity index is 106. The lowest BCUT2D eigenvalue weighted by atomic mass is 10.1. The second-order valence-corrected chi connectivity index (χ2v) is 4.17. The highest BCUT2D eigenvalue weighted by molar-refractivity contribution is 8.00. The molecular weight excluding hydrogens is 144 g/mol. The minimum atomic E-state index is 0.238. The smallest absolute Gasteiger partial charge is 0.0321 e. The lowest BCUT2D eigenvalue weighted by molar-refractivity contribution is 0.546. The predicted octanol–water partition coefficient (Wildman–Crippen LogP) is 0.556. The summed E-state index contributed by atoms with van der Waals surface area (Å²) >= 11 is 1.93. The van der Waals surface area contributed by atoms with Gasteiger partial charge in [-0.2, -0.15) is 11.8 Å². The van der Waals surface area contributed by atoms with Crippen LogP contribution in [0.5, 0.6) is 0 Å². The Balaban J connectivity index is 2.33. The maximum absolute atomic E-state index is 5.86. The maximum Gasteiger partial charge on any atom is 0.0321 e. The molecule has 0 aromatic carbocycles. The molecule has 0 aromatic heterocycles. The highest BCUT2D eigenvalue weighted by Gasteiger charge is 2.30. The van der Waals surface area contributed by atoms with Gasteiger partial charge in [-0.15, -0.1) is 0 Å². The average Bonchev–Trinajstić information content (AvgIpc) is 2.20. The molecule has 1 unspecified atom stereocenters. The van der Waals surface area contributed by atoms with Crippen LogP contribution in [0.3, 0.4) is 0 Å². The number of nitrogens with two attached hydrogens (primary N) is 2. The van der Waals surface area contributed by atoms with E-state index in [1.807, 2.05) is 11.8 Å². The van der Waals surface area contributed by atoms with E-state index in [1.54, 1.807) is 0 Å². The number of thioether (sulfide) groups is 1. The van der Waals surface area contributed by atoms with Gasteiger partial charge in [0.1, 0.15) is 0 Å². The zero-order chi connectivity index (χ0) is 7.56. The van der Waals surface area contributed by atoms with E-state index in [2.05, 4.69) is 6.92 Å². The normalized spacial score (nSPS) is 40.5. The fraction of sp³-hybridized carbons (Fsp3) is 1.00. The largest absolute Gasteiger partial charge is 0.326 e. The summed E-state index contributed by atoms with van der Waals surface area (Å²) in [6, 6.07) is 0.478. The quantitative estimate of drug-likeness (QED) is 0.620. The van der Waals surface area contributed by atoms with Crippen molar-refractivity contribution >= 4 is 11.8 Å². The Labute approximate surface area is 66.7 Å². The van der Waals surface area contributed by atoms with E-state index >= 15 is 0 Å². The standard InChI is InChI=1S/C7H16N2S/c1-2-3-6-7(9)5(8)4-10-6/h5-7H,2-4,8-9H2,1H3/t5-,6?,7+/m0/s1. The minimum Gasteiger partial charge on any atom is -0.326 e. The third kappa shape index (κ3) is 1.65. The Morgan fingerprint density at radius 1 is 1.50 bits per heavy atom. The van der Waals surface area contributed by atoms with Crippen molar-refractivity contribution in [3.05, 3.63) is 0 Å². The van der Waals surface area contributed by atoms with Crippen LogP contribution in [0.4, 0.5) is 0 Å². The van der Waals surface area contributed by atoms with Gasteiger partial charge in [-0.1, -0.05) is 13.3 Å². The first kappa shape index (κ1) is 8.37. The molecule has 1 fully saturated rings. The van der Waals surface area contributed by atoms with Crippen LogP contribution < -0.4 is 11.5 Å². The maximum atomic E-state index is 5.86. The molecule has 1 rings (SSSR count). The second kappa shape index (κ2) is 3.60. The Hall–Kier alpha value is 0.270. The molecule has 10 heavy (non-hydrogen) atoms. The Kier molecular flexibility index (Phi) is 3.01. The van der Waals surface area contributed by atoms with Crippen molar-refractivity contribution in [1.29, 1.82) is 0 Å². The van der Waals surface area contributed by atoms with Gasteiger partial charge in [0.15, 0.2) is 0 Å². The first-order chi connectivity index (χ1) is 4.75. The van der Waals surface area contributed by atoms with Crippen molar-refractivity contribution < 1.29 is 0 Å². The molecule has 3 heteroatoms. The van der Waals surface area contributed by atoms with Crippen LogP contribution in [0.1, 0.15) is 19.8 Å². The highest BCUT2D eigenvalue weighted by Crippen LogP contribution is 2.27. The van der Waals surface area contributed by atoms with Crippen molar-refractivity contribution in [3.63, 3.8) is 0 Å². The van der Waals surface area contributed by atoms with Gasteiger partial charge in [-0.25, -0.2) is 0 Å². The molecule has 0 amide bonds. The molecule has 1 saturated heterocycles. The Morgan fingerprint density at radius 2 is 2.20 bits per heavy atom. The summed E-state index contributed by atoms with van der Waals surface area (Å²) in [5.74, 6) is 1.05. The van der Waals surface area contributed by atoms with Gasteiger partial charge in [0.2, 0.25) is 0 Å². The van der Waals surface area contributed by atoms with E-state index in [1.165, 1.54) is 12.8 Å². The van der Waals surface area contributed by atoms with E-state index in [0.717, 1.165) is 5.75 Å². The third-order valence-corrected chi connectivity index (χ3v) is 3.56. The molecule has 60 valence electrons. The van der Waals surface area contributed by atoms with Crippen LogP contribution in [0.15, 0.2) is 0 Å². The van der Waals surface area contributed by atoms with Gasteiger partial charge in [0.05, 0.1) is 0 Å². The molecule has 1 aliphatic rings. The van der Waals surface area contributed by atoms with Crippen molar-refractivity contribution in [1.82, 2.24) is 0 Å². The first-order valence-electron chi connectivity index (χ1n) is 3.88. The third-order valence-electron chi connectivity index (χ3n) is 2.00. The summed E-state index contributed by atoms with van der Waals surface area (Å²) in [6.07, 6.45) is 2.44. The van der Waals surface area contributed by atoms with Gasteiger partial charge in [-0.05, 0) is 6.42 Å². The lowest BCUT2D eigenvalue weighted by Crippen LogP contribution is -2.43. The van der Waals surface area contributed by atoms with E-state index in [4.69, 9.17) is 11.5 Å². The molecule has 0 aliphatic carbocycles. The zero-order valence-electron chi connectivity index (χ0n) is 6.42. The molecule has 2 nitrogen and oxygen atoms in total. The molecule has 1 heterocycles. The SMILES string of the molecule is CCCC1SC[C@H](N)[C@H]1N. The minimum absolute atomic E-state index is 0.238. The van der Waals surface area contributed by atoms with Gasteiger partial charge in [-0.3, -0.25) is 0 Å². The predicted molar refractivity (Wildman–Crippen MR) is 47.1 cm³/mol. The number of hydrogen-bond donors (Lipinski definition) is 2. The fourth-order valence-corrected chi connectivity index (χ4v) is 2.81. The topological polar surface area (TPSA) is 52.0 Å². The molecule has 0 bridgehead atoms. The molecule has 0 spiro atoms. The summed E-state index contributed by atoms with van der Waals surface area (Å²) in [4.78, 5) is 0. The Morgan fingerprint density at radius 3 is 2.60 bits per heavy atom. The van der Waals surface area contributed by atoms with E-state index < -0.39 is 0 Å². The molecule has 0 saturated carbocycles. The van der Waals surface area contributed by atoms with Gasteiger partial charge < -0.3 is 11.5 Å². The second-order valence-electron chi connectivity index (χ2n) is 2.90. The van der Waals surface area contributed by atoms with E-state index in [0.29, 0.717) is 5.25 Å². The van der Waals surface area contributed by atoms with E-state index in [9.17, 15) is 0 Å². The first-order valence-corrected chi connectivity index (χ1v) is 4.93. The molecule has 1 aliphatic heterocycles. The van der Waals surface area contributed by atoms with Gasteiger partial charge in [0, 0.05) is 23.1 Å². The van der Waals surface area contributed by atoms with Gasteiger partial charge in [0.25, 0.3) is 0 Å². The van der Waals surface area contributed by atoms with Crippen LogP contribution in [0.2, 0.25) is 0 Å². The monoisotopic (exact) mass is 160 g/mol. The summed E-state index contributed by atoms with van der Waals surface area (Å²) in [6.45, 7) is 2.19. The number of hydrogen-bond acceptors (Lipinski definition) is 3. The number of rotatable bonds is 2. The van der Waals surface area contributed by atoms with Crippen LogP contribution >= 0.6 is 11.8 Å². The molecule has 0 radical (unpaired) electrons. The summed E-state index contributed by atoms with van der Waals surface area (Å²) in [7, 11) is 0. The zero-order valence-corrected chi connectivity index (χ0v) is 7.23. The lowest BCUT2D eigenvalue weighted by Gasteiger charge is -2.15.